The number of piperazine rings is 1. The number of aryl methyl sites for hydroxylation is 1. The van der Waals surface area contributed by atoms with Crippen LogP contribution in [0.4, 0.5) is 0 Å². The Bertz CT molecular complexity index is 408. The molecular formula is C14H18N2O. The van der Waals surface area contributed by atoms with Gasteiger partial charge in [-0.1, -0.05) is 29.5 Å². The van der Waals surface area contributed by atoms with Crippen LogP contribution in [0.3, 0.4) is 0 Å². The number of benzene rings is 1. The van der Waals surface area contributed by atoms with Gasteiger partial charge in [-0.2, -0.15) is 0 Å². The van der Waals surface area contributed by atoms with E-state index in [1.807, 2.05) is 12.1 Å². The van der Waals surface area contributed by atoms with E-state index in [9.17, 15) is 5.21 Å². The molecule has 0 unspecified atom stereocenters. The minimum atomic E-state index is 0.382. The highest BCUT2D eigenvalue weighted by atomic mass is 16.5. The predicted molar refractivity (Wildman–Crippen MR) is 68.6 cm³/mol. The first kappa shape index (κ1) is 12.1. The molecule has 0 aromatic heterocycles. The summed E-state index contributed by atoms with van der Waals surface area (Å²) in [6.07, 6.45) is 0. The van der Waals surface area contributed by atoms with Gasteiger partial charge in [0.15, 0.2) is 0 Å². The Morgan fingerprint density at radius 3 is 2.53 bits per heavy atom. The third-order valence-electron chi connectivity index (χ3n) is 3.00. The molecule has 17 heavy (non-hydrogen) atoms. The lowest BCUT2D eigenvalue weighted by Crippen LogP contribution is -3.10. The second kappa shape index (κ2) is 5.83. The van der Waals surface area contributed by atoms with Crippen LogP contribution >= 0.6 is 0 Å². The van der Waals surface area contributed by atoms with Crippen molar-refractivity contribution in [3.63, 3.8) is 0 Å². The molecule has 1 saturated heterocycles. The summed E-state index contributed by atoms with van der Waals surface area (Å²) in [5, 5.41) is 11.5. The van der Waals surface area contributed by atoms with E-state index in [1.54, 1.807) is 0 Å². The lowest BCUT2D eigenvalue weighted by atomic mass is 10.1. The highest BCUT2D eigenvalue weighted by Crippen LogP contribution is 2.00. The van der Waals surface area contributed by atoms with Crippen LogP contribution in [0.2, 0.25) is 0 Å². The second-order valence-corrected chi connectivity index (χ2v) is 4.48. The molecule has 0 aliphatic carbocycles. The molecule has 0 atom stereocenters. The van der Waals surface area contributed by atoms with Crippen LogP contribution in [-0.4, -0.2) is 37.6 Å². The standard InChI is InChI=1S/C14H18N2O/c1-13-4-6-14(7-5-13)3-2-8-15-9-11-16(17)12-10-15/h4-7,16H,8-12H2,1H3. The maximum absolute atomic E-state index is 11.1. The summed E-state index contributed by atoms with van der Waals surface area (Å²) >= 11 is 0. The van der Waals surface area contributed by atoms with Gasteiger partial charge in [0.1, 0.15) is 0 Å². The van der Waals surface area contributed by atoms with Crippen molar-refractivity contribution in [2.24, 2.45) is 0 Å². The first-order chi connectivity index (χ1) is 8.24. The number of quaternary nitrogens is 1. The van der Waals surface area contributed by atoms with Crippen LogP contribution in [0, 0.1) is 24.0 Å². The third kappa shape index (κ3) is 3.86. The smallest absolute Gasteiger partial charge is 0.0898 e. The Morgan fingerprint density at radius 1 is 1.24 bits per heavy atom. The van der Waals surface area contributed by atoms with E-state index in [-0.39, 0.29) is 0 Å². The Morgan fingerprint density at radius 2 is 1.88 bits per heavy atom. The zero-order valence-electron chi connectivity index (χ0n) is 10.2. The number of hydroxylamine groups is 2. The van der Waals surface area contributed by atoms with Gasteiger partial charge in [0, 0.05) is 18.7 Å². The van der Waals surface area contributed by atoms with Crippen molar-refractivity contribution < 1.29 is 5.06 Å². The molecule has 0 bridgehead atoms. The molecule has 3 heteroatoms. The number of hydrogen-bond donors (Lipinski definition) is 1. The Kier molecular flexibility index (Phi) is 4.16. The highest BCUT2D eigenvalue weighted by Gasteiger charge is 2.12. The van der Waals surface area contributed by atoms with Crippen LogP contribution in [0.5, 0.6) is 0 Å². The van der Waals surface area contributed by atoms with Gasteiger partial charge in [0.05, 0.1) is 19.6 Å². The predicted octanol–water partition coefficient (Wildman–Crippen LogP) is 0.0448. The van der Waals surface area contributed by atoms with Crippen LogP contribution in [0.25, 0.3) is 0 Å². The quantitative estimate of drug-likeness (QED) is 0.546. The van der Waals surface area contributed by atoms with Crippen molar-refractivity contribution in [1.29, 1.82) is 0 Å². The average Bonchev–Trinajstić information content (AvgIpc) is 2.34. The van der Waals surface area contributed by atoms with Gasteiger partial charge in [-0.3, -0.25) is 4.90 Å². The van der Waals surface area contributed by atoms with Gasteiger partial charge in [0.2, 0.25) is 0 Å². The Labute approximate surface area is 103 Å². The van der Waals surface area contributed by atoms with Crippen LogP contribution in [0.15, 0.2) is 24.3 Å². The van der Waals surface area contributed by atoms with Gasteiger partial charge in [0.25, 0.3) is 0 Å². The molecule has 1 aromatic rings. The van der Waals surface area contributed by atoms with Gasteiger partial charge < -0.3 is 10.3 Å². The zero-order chi connectivity index (χ0) is 12.1. The Hall–Kier alpha value is -1.34. The summed E-state index contributed by atoms with van der Waals surface area (Å²) in [5.74, 6) is 6.32. The number of nitrogens with one attached hydrogen (secondary N) is 1. The van der Waals surface area contributed by atoms with Crippen LogP contribution in [-0.2, 0) is 0 Å². The molecular weight excluding hydrogens is 212 g/mol. The molecule has 0 spiro atoms. The molecule has 90 valence electrons. The maximum atomic E-state index is 11.1. The first-order valence-corrected chi connectivity index (χ1v) is 6.03. The van der Waals surface area contributed by atoms with E-state index < -0.39 is 0 Å². The molecule has 1 fully saturated rings. The van der Waals surface area contributed by atoms with E-state index in [0.717, 1.165) is 25.2 Å². The average molecular weight is 230 g/mol. The normalized spacial score (nSPS) is 17.5. The summed E-state index contributed by atoms with van der Waals surface area (Å²) in [6, 6.07) is 8.23. The summed E-state index contributed by atoms with van der Waals surface area (Å²) in [6.45, 7) is 5.93. The van der Waals surface area contributed by atoms with E-state index in [4.69, 9.17) is 0 Å². The fraction of sp³-hybridized carbons (Fsp3) is 0.429. The molecule has 0 saturated carbocycles. The lowest BCUT2D eigenvalue weighted by molar-refractivity contribution is -0.853. The topological polar surface area (TPSA) is 30.7 Å². The van der Waals surface area contributed by atoms with E-state index in [1.165, 1.54) is 5.56 Å². The second-order valence-electron chi connectivity index (χ2n) is 4.48. The van der Waals surface area contributed by atoms with Crippen molar-refractivity contribution >= 4 is 0 Å². The maximum Gasteiger partial charge on any atom is 0.0898 e. The van der Waals surface area contributed by atoms with E-state index in [0.29, 0.717) is 18.2 Å². The summed E-state index contributed by atoms with van der Waals surface area (Å²) < 4.78 is 0. The monoisotopic (exact) mass is 230 g/mol. The summed E-state index contributed by atoms with van der Waals surface area (Å²) in [7, 11) is 0. The van der Waals surface area contributed by atoms with Crippen molar-refractivity contribution in [2.75, 3.05) is 32.7 Å². The van der Waals surface area contributed by atoms with Gasteiger partial charge in [-0.05, 0) is 19.1 Å². The fourth-order valence-corrected chi connectivity index (χ4v) is 1.85. The minimum Gasteiger partial charge on any atom is -0.634 e. The molecule has 1 N–H and O–H groups in total. The largest absolute Gasteiger partial charge is 0.634 e. The van der Waals surface area contributed by atoms with Gasteiger partial charge >= 0.3 is 0 Å². The number of nitrogens with zero attached hydrogens (tertiary/aromatic N) is 1. The lowest BCUT2D eigenvalue weighted by Gasteiger charge is -2.32. The summed E-state index contributed by atoms with van der Waals surface area (Å²) in [4.78, 5) is 2.24. The number of rotatable bonds is 1. The van der Waals surface area contributed by atoms with Crippen molar-refractivity contribution in [1.82, 2.24) is 4.90 Å². The minimum absolute atomic E-state index is 0.382. The van der Waals surface area contributed by atoms with Gasteiger partial charge in [-0.25, -0.2) is 0 Å². The molecule has 1 aliphatic rings. The zero-order valence-corrected chi connectivity index (χ0v) is 10.2. The molecule has 1 aromatic carbocycles. The van der Waals surface area contributed by atoms with E-state index in [2.05, 4.69) is 35.8 Å². The van der Waals surface area contributed by atoms with Crippen LogP contribution in [0.1, 0.15) is 11.1 Å². The first-order valence-electron chi connectivity index (χ1n) is 6.03. The van der Waals surface area contributed by atoms with Crippen LogP contribution < -0.4 is 5.06 Å². The molecule has 3 nitrogen and oxygen atoms in total. The van der Waals surface area contributed by atoms with E-state index >= 15 is 0 Å². The van der Waals surface area contributed by atoms with Crippen molar-refractivity contribution in [3.05, 3.63) is 40.6 Å². The SMILES string of the molecule is Cc1ccc(C#CCN2CC[NH+]([O-])CC2)cc1. The molecule has 1 aliphatic heterocycles. The molecule has 0 radical (unpaired) electrons. The fourth-order valence-electron chi connectivity index (χ4n) is 1.85. The molecule has 0 amide bonds. The van der Waals surface area contributed by atoms with Gasteiger partial charge in [-0.15, -0.1) is 0 Å². The highest BCUT2D eigenvalue weighted by molar-refractivity contribution is 5.35. The third-order valence-corrected chi connectivity index (χ3v) is 3.00. The number of hydrogen-bond acceptors (Lipinski definition) is 2. The summed E-state index contributed by atoms with van der Waals surface area (Å²) in [5.41, 5.74) is 2.31. The van der Waals surface area contributed by atoms with Crippen molar-refractivity contribution in [2.45, 2.75) is 6.92 Å². The van der Waals surface area contributed by atoms with Crippen molar-refractivity contribution in [3.8, 4) is 11.8 Å². The molecule has 2 rings (SSSR count). The molecule has 1 heterocycles. The Balaban J connectivity index is 1.84.